The first-order valence-corrected chi connectivity index (χ1v) is 14.7. The molecule has 0 spiro atoms. The van der Waals surface area contributed by atoms with Gasteiger partial charge in [-0.1, -0.05) is 53.9 Å². The molecule has 0 amide bonds. The number of nitrogens with zero attached hydrogens (tertiary/aromatic N) is 1. The summed E-state index contributed by atoms with van der Waals surface area (Å²) in [5.41, 5.74) is 0.873. The molecule has 0 aromatic heterocycles. The van der Waals surface area contributed by atoms with Gasteiger partial charge in [-0.15, -0.1) is 23.2 Å². The first-order chi connectivity index (χ1) is 15.1. The van der Waals surface area contributed by atoms with Crippen molar-refractivity contribution < 1.29 is 0 Å². The van der Waals surface area contributed by atoms with Crippen molar-refractivity contribution in [3.8, 4) is 6.07 Å². The first-order valence-electron chi connectivity index (χ1n) is 13.8. The highest BCUT2D eigenvalue weighted by molar-refractivity contribution is 6.44. The Hall–Kier alpha value is 0.0700. The largest absolute Gasteiger partial charge is 0.198 e. The van der Waals surface area contributed by atoms with E-state index in [9.17, 15) is 5.26 Å². The van der Waals surface area contributed by atoms with Crippen LogP contribution in [-0.2, 0) is 0 Å². The normalized spacial score (nSPS) is 46.9. The predicted molar refractivity (Wildman–Crippen MR) is 137 cm³/mol. The average molecular weight is 481 g/mol. The van der Waals surface area contributed by atoms with Crippen LogP contribution in [0.2, 0.25) is 0 Å². The van der Waals surface area contributed by atoms with Crippen LogP contribution in [-0.4, -0.2) is 4.84 Å². The van der Waals surface area contributed by atoms with Gasteiger partial charge in [0.15, 0.2) is 0 Å². The summed E-state index contributed by atoms with van der Waals surface area (Å²) in [4.78, 5) is -0.408. The molecule has 0 saturated heterocycles. The maximum absolute atomic E-state index is 9.78. The highest BCUT2D eigenvalue weighted by Gasteiger charge is 2.61. The van der Waals surface area contributed by atoms with E-state index in [2.05, 4.69) is 40.7 Å². The number of hydrogen-bond acceptors (Lipinski definition) is 1. The SMILES string of the molecule is CC(C)CCC[C@@H](C)[C@H]1CC[C@H]2[C@@H]3CC[C@H]4C[C@H](C#N)[C@H](C(Cl)Cl)C[C@]4(C)[C@H]3CC[C@]12C. The minimum Gasteiger partial charge on any atom is -0.198 e. The molecule has 4 aliphatic rings. The van der Waals surface area contributed by atoms with Crippen molar-refractivity contribution in [1.29, 1.82) is 5.26 Å². The second kappa shape index (κ2) is 9.61. The van der Waals surface area contributed by atoms with Crippen molar-refractivity contribution in [2.45, 2.75) is 110 Å². The standard InChI is InChI=1S/C29H47Cl2N/c1-18(2)7-6-8-19(3)24-11-12-25-22-10-9-21-15-20(17-32)23(27(30)31)16-29(21,5)26(22)13-14-28(24,25)4/h18-27H,6-16H2,1-5H3/t19-,20-,21+,22+,23-,24-,25+,26+,28-,29+/m1/s1. The second-order valence-electron chi connectivity index (χ2n) is 13.4. The molecule has 1 nitrogen and oxygen atoms in total. The van der Waals surface area contributed by atoms with Crippen LogP contribution in [0.4, 0.5) is 0 Å². The van der Waals surface area contributed by atoms with E-state index in [0.29, 0.717) is 16.7 Å². The van der Waals surface area contributed by atoms with Gasteiger partial charge in [0.05, 0.1) is 12.0 Å². The molecule has 4 fully saturated rings. The Morgan fingerprint density at radius 2 is 1.66 bits per heavy atom. The van der Waals surface area contributed by atoms with Gasteiger partial charge in [0.25, 0.3) is 0 Å². The summed E-state index contributed by atoms with van der Waals surface area (Å²) in [5, 5.41) is 9.78. The van der Waals surface area contributed by atoms with E-state index < -0.39 is 4.84 Å². The molecule has 0 radical (unpaired) electrons. The molecule has 182 valence electrons. The van der Waals surface area contributed by atoms with E-state index in [0.717, 1.165) is 48.3 Å². The molecule has 0 N–H and O–H groups in total. The summed E-state index contributed by atoms with van der Waals surface area (Å²) in [7, 11) is 0. The Balaban J connectivity index is 1.50. The third-order valence-electron chi connectivity index (χ3n) is 11.5. The molecule has 0 heterocycles. The van der Waals surface area contributed by atoms with Crippen molar-refractivity contribution in [3.05, 3.63) is 0 Å². The molecule has 0 aromatic rings. The second-order valence-corrected chi connectivity index (χ2v) is 14.5. The minimum atomic E-state index is -0.408. The van der Waals surface area contributed by atoms with Crippen LogP contribution in [0.5, 0.6) is 0 Å². The monoisotopic (exact) mass is 479 g/mol. The molecule has 32 heavy (non-hydrogen) atoms. The van der Waals surface area contributed by atoms with Crippen molar-refractivity contribution in [2.24, 2.45) is 64.1 Å². The van der Waals surface area contributed by atoms with Crippen molar-refractivity contribution in [3.63, 3.8) is 0 Å². The number of fused-ring (bicyclic) bond motifs is 5. The van der Waals surface area contributed by atoms with Crippen LogP contribution >= 0.6 is 23.2 Å². The van der Waals surface area contributed by atoms with Crippen LogP contribution in [0.15, 0.2) is 0 Å². The van der Waals surface area contributed by atoms with Gasteiger partial charge in [-0.05, 0) is 104 Å². The van der Waals surface area contributed by atoms with E-state index >= 15 is 0 Å². The van der Waals surface area contributed by atoms with E-state index in [4.69, 9.17) is 23.2 Å². The van der Waals surface area contributed by atoms with Crippen molar-refractivity contribution >= 4 is 23.2 Å². The number of hydrogen-bond donors (Lipinski definition) is 0. The molecule has 0 aliphatic heterocycles. The van der Waals surface area contributed by atoms with Gasteiger partial charge in [0, 0.05) is 5.92 Å². The maximum Gasteiger partial charge on any atom is 0.111 e. The fourth-order valence-corrected chi connectivity index (χ4v) is 10.3. The fourth-order valence-electron chi connectivity index (χ4n) is 9.81. The number of alkyl halides is 2. The highest BCUT2D eigenvalue weighted by atomic mass is 35.5. The average Bonchev–Trinajstić information content (AvgIpc) is 3.09. The molecule has 4 aliphatic carbocycles. The van der Waals surface area contributed by atoms with E-state index in [-0.39, 0.29) is 11.8 Å². The Bertz CT molecular complexity index is 698. The highest BCUT2D eigenvalue weighted by Crippen LogP contribution is 2.69. The van der Waals surface area contributed by atoms with E-state index in [1.165, 1.54) is 57.8 Å². The third-order valence-corrected chi connectivity index (χ3v) is 12.1. The molecule has 3 heteroatoms. The lowest BCUT2D eigenvalue weighted by molar-refractivity contribution is -0.127. The zero-order valence-corrected chi connectivity index (χ0v) is 22.8. The Kier molecular flexibility index (Phi) is 7.56. The molecule has 4 rings (SSSR count). The first kappa shape index (κ1) is 25.2. The lowest BCUT2D eigenvalue weighted by atomic mass is 9.43. The van der Waals surface area contributed by atoms with Crippen LogP contribution in [0.25, 0.3) is 0 Å². The zero-order chi connectivity index (χ0) is 23.3. The van der Waals surface area contributed by atoms with Gasteiger partial charge in [-0.25, -0.2) is 0 Å². The summed E-state index contributed by atoms with van der Waals surface area (Å²) in [5.74, 6) is 6.10. The summed E-state index contributed by atoms with van der Waals surface area (Å²) < 4.78 is 0. The van der Waals surface area contributed by atoms with E-state index in [1.807, 2.05) is 0 Å². The lowest BCUT2D eigenvalue weighted by Gasteiger charge is -2.62. The fraction of sp³-hybridized carbons (Fsp3) is 0.966. The number of nitriles is 1. The smallest absolute Gasteiger partial charge is 0.111 e. The van der Waals surface area contributed by atoms with Gasteiger partial charge in [-0.2, -0.15) is 5.26 Å². The van der Waals surface area contributed by atoms with Gasteiger partial charge in [-0.3, -0.25) is 0 Å². The van der Waals surface area contributed by atoms with Gasteiger partial charge in [0.1, 0.15) is 4.84 Å². The van der Waals surface area contributed by atoms with Gasteiger partial charge >= 0.3 is 0 Å². The zero-order valence-electron chi connectivity index (χ0n) is 21.3. The summed E-state index contributed by atoms with van der Waals surface area (Å²) in [6, 6.07) is 2.57. The number of halogens is 2. The summed E-state index contributed by atoms with van der Waals surface area (Å²) in [6.07, 6.45) is 14.7. The molecular formula is C29H47Cl2N. The number of rotatable bonds is 6. The molecule has 0 aromatic carbocycles. The van der Waals surface area contributed by atoms with Crippen molar-refractivity contribution in [1.82, 2.24) is 0 Å². The molecule has 10 atom stereocenters. The van der Waals surface area contributed by atoms with Gasteiger partial charge in [0.2, 0.25) is 0 Å². The van der Waals surface area contributed by atoms with Crippen LogP contribution in [0, 0.1) is 75.4 Å². The summed E-state index contributed by atoms with van der Waals surface area (Å²) >= 11 is 12.9. The maximum atomic E-state index is 9.78. The predicted octanol–water partition coefficient (Wildman–Crippen LogP) is 9.28. The quantitative estimate of drug-likeness (QED) is 0.348. The molecule has 0 bridgehead atoms. The molecule has 0 unspecified atom stereocenters. The third kappa shape index (κ3) is 4.28. The van der Waals surface area contributed by atoms with Gasteiger partial charge < -0.3 is 0 Å². The van der Waals surface area contributed by atoms with Crippen LogP contribution < -0.4 is 0 Å². The molecular weight excluding hydrogens is 433 g/mol. The minimum absolute atomic E-state index is 0.0426. The lowest BCUT2D eigenvalue weighted by Crippen LogP contribution is -2.55. The van der Waals surface area contributed by atoms with Crippen LogP contribution in [0.3, 0.4) is 0 Å². The molecule has 4 saturated carbocycles. The van der Waals surface area contributed by atoms with Crippen molar-refractivity contribution in [2.75, 3.05) is 0 Å². The summed E-state index contributed by atoms with van der Waals surface area (Å²) in [6.45, 7) is 12.5. The topological polar surface area (TPSA) is 23.8 Å². The Morgan fingerprint density at radius 3 is 2.31 bits per heavy atom. The van der Waals surface area contributed by atoms with E-state index in [1.54, 1.807) is 0 Å². The Labute approximate surface area is 208 Å². The van der Waals surface area contributed by atoms with Crippen LogP contribution in [0.1, 0.15) is 105 Å². The Morgan fingerprint density at radius 1 is 0.938 bits per heavy atom.